The number of amides is 1. The summed E-state index contributed by atoms with van der Waals surface area (Å²) in [5.41, 5.74) is 3.39. The fraction of sp³-hybridized carbons (Fsp3) is 0.214. The van der Waals surface area contributed by atoms with Crippen molar-refractivity contribution in [2.24, 2.45) is 0 Å². The number of carbonyl (C=O) groups excluding carboxylic acids is 3. The summed E-state index contributed by atoms with van der Waals surface area (Å²) in [6, 6.07) is 16.6. The number of nitrogens with zero attached hydrogens (tertiary/aromatic N) is 2. The number of Topliss-reactive ketones (excluding diaryl/α,β-unsaturated/α-hetero) is 1. The summed E-state index contributed by atoms with van der Waals surface area (Å²) in [6.45, 7) is 4.16. The molecule has 2 heterocycles. The van der Waals surface area contributed by atoms with Crippen molar-refractivity contribution in [2.45, 2.75) is 32.9 Å². The van der Waals surface area contributed by atoms with Gasteiger partial charge in [0.15, 0.2) is 0 Å². The Morgan fingerprint density at radius 1 is 0.914 bits per heavy atom. The maximum atomic E-state index is 13.2. The van der Waals surface area contributed by atoms with Gasteiger partial charge in [-0.25, -0.2) is 4.79 Å². The molecule has 1 fully saturated rings. The van der Waals surface area contributed by atoms with Gasteiger partial charge >= 0.3 is 5.97 Å². The highest BCUT2D eigenvalue weighted by atomic mass is 16.5. The number of aryl methyl sites for hydroxylation is 1. The highest BCUT2D eigenvalue weighted by Gasteiger charge is 2.46. The van der Waals surface area contributed by atoms with Crippen molar-refractivity contribution in [1.82, 2.24) is 9.88 Å². The van der Waals surface area contributed by atoms with Crippen LogP contribution in [-0.2, 0) is 27.3 Å². The van der Waals surface area contributed by atoms with E-state index < -0.39 is 23.7 Å². The minimum atomic E-state index is -0.784. The average Bonchev–Trinajstić information content (AvgIpc) is 3.14. The number of ether oxygens (including phenoxy) is 1. The van der Waals surface area contributed by atoms with Gasteiger partial charge in [-0.3, -0.25) is 14.6 Å². The van der Waals surface area contributed by atoms with Crippen LogP contribution >= 0.6 is 0 Å². The van der Waals surface area contributed by atoms with Crippen LogP contribution in [0.1, 0.15) is 52.5 Å². The van der Waals surface area contributed by atoms with Crippen molar-refractivity contribution < 1.29 is 24.2 Å². The molecule has 2 aromatic carbocycles. The molecule has 0 spiro atoms. The molecular formula is C28H26N2O5. The number of likely N-dealkylation sites (tertiary alicyclic amines) is 1. The zero-order valence-electron chi connectivity index (χ0n) is 19.6. The number of benzene rings is 2. The Kier molecular flexibility index (Phi) is 7.06. The van der Waals surface area contributed by atoms with Gasteiger partial charge < -0.3 is 14.7 Å². The van der Waals surface area contributed by atoms with E-state index in [1.165, 1.54) is 4.90 Å². The SMILES string of the molecule is CCOC(=O)c1ccc(CN2C(=O)C(=O)/C(=C(/O)c3ccc(CC)cc3)C2c2ccncc2)cc1. The second kappa shape index (κ2) is 10.3. The lowest BCUT2D eigenvalue weighted by Gasteiger charge is -2.25. The third-order valence-corrected chi connectivity index (χ3v) is 6.02. The number of hydrogen-bond acceptors (Lipinski definition) is 6. The predicted octanol–water partition coefficient (Wildman–Crippen LogP) is 4.44. The van der Waals surface area contributed by atoms with Crippen LogP contribution in [0.4, 0.5) is 0 Å². The molecule has 0 saturated carbocycles. The Morgan fingerprint density at radius 3 is 2.11 bits per heavy atom. The molecule has 1 atom stereocenters. The summed E-state index contributed by atoms with van der Waals surface area (Å²) in [4.78, 5) is 43.7. The van der Waals surface area contributed by atoms with E-state index in [1.807, 2.05) is 19.1 Å². The number of aliphatic hydroxyl groups is 1. The molecule has 7 nitrogen and oxygen atoms in total. The molecule has 1 amide bonds. The maximum absolute atomic E-state index is 13.2. The molecule has 1 aliphatic rings. The first-order valence-corrected chi connectivity index (χ1v) is 11.5. The molecule has 1 unspecified atom stereocenters. The molecule has 0 radical (unpaired) electrons. The van der Waals surface area contributed by atoms with Crippen molar-refractivity contribution in [3.05, 3.63) is 106 Å². The summed E-state index contributed by atoms with van der Waals surface area (Å²) in [6.07, 6.45) is 4.01. The topological polar surface area (TPSA) is 96.8 Å². The van der Waals surface area contributed by atoms with E-state index in [2.05, 4.69) is 4.98 Å². The first kappa shape index (κ1) is 23.9. The molecule has 1 saturated heterocycles. The fourth-order valence-electron chi connectivity index (χ4n) is 4.15. The molecule has 0 bridgehead atoms. The first-order valence-electron chi connectivity index (χ1n) is 11.5. The Hall–Kier alpha value is -4.26. The molecule has 1 aliphatic heterocycles. The van der Waals surface area contributed by atoms with Crippen molar-refractivity contribution in [3.8, 4) is 0 Å². The van der Waals surface area contributed by atoms with E-state index in [4.69, 9.17) is 4.74 Å². The van der Waals surface area contributed by atoms with Crippen LogP contribution in [-0.4, -0.2) is 39.3 Å². The minimum Gasteiger partial charge on any atom is -0.507 e. The van der Waals surface area contributed by atoms with Gasteiger partial charge in [0.05, 0.1) is 23.8 Å². The van der Waals surface area contributed by atoms with Gasteiger partial charge in [0.1, 0.15) is 5.76 Å². The van der Waals surface area contributed by atoms with Crippen LogP contribution in [0.25, 0.3) is 5.76 Å². The average molecular weight is 471 g/mol. The summed E-state index contributed by atoms with van der Waals surface area (Å²) in [5, 5.41) is 11.1. The van der Waals surface area contributed by atoms with Crippen molar-refractivity contribution >= 4 is 23.4 Å². The standard InChI is InChI=1S/C28H26N2O5/c1-3-18-5-9-21(10-6-18)25(31)23-24(20-13-15-29-16-14-20)30(27(33)26(23)32)17-19-7-11-22(12-8-19)28(34)35-4-2/h5-16,24,31H,3-4,17H2,1-2H3/b25-23+. The third-order valence-electron chi connectivity index (χ3n) is 6.02. The Labute approximate surface area is 203 Å². The molecule has 3 aromatic rings. The van der Waals surface area contributed by atoms with E-state index in [0.717, 1.165) is 17.5 Å². The summed E-state index contributed by atoms with van der Waals surface area (Å²) >= 11 is 0. The predicted molar refractivity (Wildman–Crippen MR) is 130 cm³/mol. The third kappa shape index (κ3) is 4.84. The monoisotopic (exact) mass is 470 g/mol. The molecule has 7 heteroatoms. The largest absolute Gasteiger partial charge is 0.507 e. The van der Waals surface area contributed by atoms with Crippen LogP contribution < -0.4 is 0 Å². The van der Waals surface area contributed by atoms with Gasteiger partial charge in [-0.05, 0) is 54.3 Å². The van der Waals surface area contributed by atoms with Gasteiger partial charge in [-0.15, -0.1) is 0 Å². The molecule has 1 aromatic heterocycles. The first-order chi connectivity index (χ1) is 16.9. The smallest absolute Gasteiger partial charge is 0.338 e. The zero-order valence-corrected chi connectivity index (χ0v) is 19.6. The normalized spacial score (nSPS) is 17.0. The number of carbonyl (C=O) groups is 3. The van der Waals surface area contributed by atoms with Gasteiger partial charge in [0.2, 0.25) is 0 Å². The summed E-state index contributed by atoms with van der Waals surface area (Å²) in [5.74, 6) is -2.08. The molecular weight excluding hydrogens is 444 g/mol. The highest BCUT2D eigenvalue weighted by Crippen LogP contribution is 2.40. The van der Waals surface area contributed by atoms with Crippen LogP contribution in [0.15, 0.2) is 78.6 Å². The minimum absolute atomic E-state index is 0.0357. The summed E-state index contributed by atoms with van der Waals surface area (Å²) < 4.78 is 5.02. The van der Waals surface area contributed by atoms with E-state index in [0.29, 0.717) is 16.7 Å². The Morgan fingerprint density at radius 2 is 1.51 bits per heavy atom. The van der Waals surface area contributed by atoms with Crippen molar-refractivity contribution in [2.75, 3.05) is 6.61 Å². The number of hydrogen-bond donors (Lipinski definition) is 1. The molecule has 178 valence electrons. The molecule has 35 heavy (non-hydrogen) atoms. The van der Waals surface area contributed by atoms with Crippen LogP contribution in [0.5, 0.6) is 0 Å². The lowest BCUT2D eigenvalue weighted by atomic mass is 9.95. The lowest BCUT2D eigenvalue weighted by molar-refractivity contribution is -0.140. The Bertz CT molecular complexity index is 1260. The van der Waals surface area contributed by atoms with E-state index in [1.54, 1.807) is 67.8 Å². The van der Waals surface area contributed by atoms with Crippen molar-refractivity contribution in [3.63, 3.8) is 0 Å². The zero-order chi connectivity index (χ0) is 24.9. The number of rotatable bonds is 7. The van der Waals surface area contributed by atoms with Gasteiger partial charge in [-0.1, -0.05) is 43.3 Å². The van der Waals surface area contributed by atoms with E-state index in [-0.39, 0.29) is 24.5 Å². The van der Waals surface area contributed by atoms with Crippen LogP contribution in [0, 0.1) is 0 Å². The number of aliphatic hydroxyl groups excluding tert-OH is 1. The van der Waals surface area contributed by atoms with Crippen LogP contribution in [0.2, 0.25) is 0 Å². The Balaban J connectivity index is 1.73. The quantitative estimate of drug-likeness (QED) is 0.237. The van der Waals surface area contributed by atoms with E-state index >= 15 is 0 Å². The molecule has 1 N–H and O–H groups in total. The second-order valence-corrected chi connectivity index (χ2v) is 8.18. The van der Waals surface area contributed by atoms with Gasteiger partial charge in [0.25, 0.3) is 11.7 Å². The maximum Gasteiger partial charge on any atom is 0.338 e. The molecule has 0 aliphatic carbocycles. The number of ketones is 1. The molecule has 4 rings (SSSR count). The van der Waals surface area contributed by atoms with E-state index in [9.17, 15) is 19.5 Å². The number of aromatic nitrogens is 1. The van der Waals surface area contributed by atoms with Gasteiger partial charge in [-0.2, -0.15) is 0 Å². The van der Waals surface area contributed by atoms with Gasteiger partial charge in [0, 0.05) is 24.5 Å². The second-order valence-electron chi connectivity index (χ2n) is 8.18. The number of esters is 1. The number of pyridine rings is 1. The lowest BCUT2D eigenvalue weighted by Crippen LogP contribution is -2.29. The van der Waals surface area contributed by atoms with Crippen LogP contribution in [0.3, 0.4) is 0 Å². The van der Waals surface area contributed by atoms with Crippen molar-refractivity contribution in [1.29, 1.82) is 0 Å². The fourth-order valence-corrected chi connectivity index (χ4v) is 4.15. The summed E-state index contributed by atoms with van der Waals surface area (Å²) in [7, 11) is 0. The highest BCUT2D eigenvalue weighted by molar-refractivity contribution is 6.46.